The van der Waals surface area contributed by atoms with Crippen LogP contribution in [0, 0.1) is 0 Å². The van der Waals surface area contributed by atoms with Crippen LogP contribution in [0.2, 0.25) is 10.0 Å². The van der Waals surface area contributed by atoms with E-state index in [1.807, 2.05) is 18.2 Å². The lowest BCUT2D eigenvalue weighted by Gasteiger charge is -2.18. The maximum absolute atomic E-state index is 12.0. The first-order valence-corrected chi connectivity index (χ1v) is 9.41. The molecule has 0 spiro atoms. The summed E-state index contributed by atoms with van der Waals surface area (Å²) in [5.41, 5.74) is 0.913. The molecule has 0 bridgehead atoms. The average molecular weight is 436 g/mol. The Morgan fingerprint density at radius 1 is 1.07 bits per heavy atom. The number of anilines is 1. The van der Waals surface area contributed by atoms with E-state index >= 15 is 0 Å². The minimum absolute atomic E-state index is 0.0200. The summed E-state index contributed by atoms with van der Waals surface area (Å²) < 4.78 is 21.9. The molecule has 8 nitrogen and oxygen atoms in total. The van der Waals surface area contributed by atoms with Gasteiger partial charge < -0.3 is 18.6 Å². The van der Waals surface area contributed by atoms with Gasteiger partial charge in [-0.2, -0.15) is 0 Å². The SMILES string of the molecule is O=C(COc1ccc(Cl)cc1Cl)Nc1nnc(Cc2ccc3c(c2)OCCO3)o1. The highest BCUT2D eigenvalue weighted by molar-refractivity contribution is 6.35. The predicted octanol–water partition coefficient (Wildman–Crippen LogP) is 3.76. The van der Waals surface area contributed by atoms with Gasteiger partial charge in [0.05, 0.1) is 11.4 Å². The monoisotopic (exact) mass is 435 g/mol. The molecule has 29 heavy (non-hydrogen) atoms. The highest BCUT2D eigenvalue weighted by atomic mass is 35.5. The lowest BCUT2D eigenvalue weighted by atomic mass is 10.1. The van der Waals surface area contributed by atoms with E-state index in [2.05, 4.69) is 15.5 Å². The number of halogens is 2. The molecule has 0 radical (unpaired) electrons. The first kappa shape index (κ1) is 19.4. The molecule has 2 heterocycles. The molecule has 1 N–H and O–H groups in total. The van der Waals surface area contributed by atoms with Crippen LogP contribution in [0.5, 0.6) is 17.2 Å². The molecule has 3 aromatic rings. The first-order valence-electron chi connectivity index (χ1n) is 8.65. The Kier molecular flexibility index (Phi) is 5.73. The fourth-order valence-electron chi connectivity index (χ4n) is 2.64. The van der Waals surface area contributed by atoms with Crippen molar-refractivity contribution in [2.75, 3.05) is 25.1 Å². The van der Waals surface area contributed by atoms with Gasteiger partial charge in [0.25, 0.3) is 5.91 Å². The molecule has 0 saturated heterocycles. The molecule has 0 saturated carbocycles. The number of nitrogens with zero attached hydrogens (tertiary/aromatic N) is 2. The van der Waals surface area contributed by atoms with Crippen molar-refractivity contribution in [2.45, 2.75) is 6.42 Å². The minimum Gasteiger partial charge on any atom is -0.486 e. The van der Waals surface area contributed by atoms with Gasteiger partial charge in [0.15, 0.2) is 18.1 Å². The average Bonchev–Trinajstić information content (AvgIpc) is 3.14. The molecule has 1 aromatic heterocycles. The Hall–Kier alpha value is -2.97. The van der Waals surface area contributed by atoms with Gasteiger partial charge in [0.1, 0.15) is 19.0 Å². The molecule has 2 aromatic carbocycles. The second kappa shape index (κ2) is 8.59. The summed E-state index contributed by atoms with van der Waals surface area (Å²) in [6, 6.07) is 10.3. The number of amides is 1. The number of aromatic nitrogens is 2. The van der Waals surface area contributed by atoms with Crippen LogP contribution in [0.15, 0.2) is 40.8 Å². The van der Waals surface area contributed by atoms with Gasteiger partial charge in [-0.15, -0.1) is 5.10 Å². The standard InChI is InChI=1S/C19H15Cl2N3O5/c20-12-2-4-14(13(21)9-12)28-10-17(25)22-19-24-23-18(29-19)8-11-1-3-15-16(7-11)27-6-5-26-15/h1-4,7,9H,5-6,8,10H2,(H,22,24,25). The second-order valence-electron chi connectivity index (χ2n) is 6.07. The second-order valence-corrected chi connectivity index (χ2v) is 6.91. The van der Waals surface area contributed by atoms with E-state index in [-0.39, 0.29) is 12.6 Å². The molecule has 150 valence electrons. The maximum Gasteiger partial charge on any atom is 0.322 e. The largest absolute Gasteiger partial charge is 0.486 e. The highest BCUT2D eigenvalue weighted by Crippen LogP contribution is 2.31. The third-order valence-corrected chi connectivity index (χ3v) is 4.46. The summed E-state index contributed by atoms with van der Waals surface area (Å²) in [5.74, 6) is 1.61. The smallest absolute Gasteiger partial charge is 0.322 e. The van der Waals surface area contributed by atoms with Crippen molar-refractivity contribution in [1.29, 1.82) is 0 Å². The lowest BCUT2D eigenvalue weighted by molar-refractivity contribution is -0.118. The summed E-state index contributed by atoms with van der Waals surface area (Å²) in [5, 5.41) is 11.0. The van der Waals surface area contributed by atoms with Crippen molar-refractivity contribution < 1.29 is 23.4 Å². The summed E-state index contributed by atoms with van der Waals surface area (Å²) in [4.78, 5) is 12.0. The van der Waals surface area contributed by atoms with Crippen molar-refractivity contribution in [2.24, 2.45) is 0 Å². The Morgan fingerprint density at radius 3 is 2.72 bits per heavy atom. The number of benzene rings is 2. The number of carbonyl (C=O) groups excluding carboxylic acids is 1. The van der Waals surface area contributed by atoms with E-state index in [9.17, 15) is 4.79 Å². The molecule has 1 amide bonds. The van der Waals surface area contributed by atoms with Crippen LogP contribution in [-0.4, -0.2) is 35.9 Å². The molecule has 0 unspecified atom stereocenters. The first-order chi connectivity index (χ1) is 14.1. The van der Waals surface area contributed by atoms with Crippen molar-refractivity contribution in [1.82, 2.24) is 10.2 Å². The Morgan fingerprint density at radius 2 is 1.90 bits per heavy atom. The number of rotatable bonds is 6. The van der Waals surface area contributed by atoms with Gasteiger partial charge in [-0.1, -0.05) is 34.4 Å². The van der Waals surface area contributed by atoms with Gasteiger partial charge >= 0.3 is 6.01 Å². The van der Waals surface area contributed by atoms with Gasteiger partial charge in [0.2, 0.25) is 5.89 Å². The normalized spacial score (nSPS) is 12.5. The van der Waals surface area contributed by atoms with E-state index in [1.165, 1.54) is 6.07 Å². The molecule has 0 aliphatic carbocycles. The molecule has 0 atom stereocenters. The third kappa shape index (κ3) is 4.90. The van der Waals surface area contributed by atoms with Crippen LogP contribution in [0.3, 0.4) is 0 Å². The lowest BCUT2D eigenvalue weighted by Crippen LogP contribution is -2.20. The minimum atomic E-state index is -0.467. The number of hydrogen-bond donors (Lipinski definition) is 1. The van der Waals surface area contributed by atoms with E-state index in [0.29, 0.717) is 52.8 Å². The summed E-state index contributed by atoms with van der Waals surface area (Å²) in [7, 11) is 0. The van der Waals surface area contributed by atoms with Crippen molar-refractivity contribution >= 4 is 35.1 Å². The van der Waals surface area contributed by atoms with E-state index in [4.69, 9.17) is 41.8 Å². The molecule has 1 aliphatic heterocycles. The topological polar surface area (TPSA) is 95.7 Å². The van der Waals surface area contributed by atoms with Gasteiger partial charge in [-0.3, -0.25) is 10.1 Å². The number of fused-ring (bicyclic) bond motifs is 1. The van der Waals surface area contributed by atoms with Crippen LogP contribution in [0.1, 0.15) is 11.5 Å². The van der Waals surface area contributed by atoms with Crippen LogP contribution < -0.4 is 19.5 Å². The number of hydrogen-bond acceptors (Lipinski definition) is 7. The maximum atomic E-state index is 12.0. The molecular weight excluding hydrogens is 421 g/mol. The van der Waals surface area contributed by atoms with Crippen molar-refractivity contribution in [3.05, 3.63) is 57.9 Å². The zero-order chi connectivity index (χ0) is 20.2. The van der Waals surface area contributed by atoms with Crippen molar-refractivity contribution in [3.63, 3.8) is 0 Å². The van der Waals surface area contributed by atoms with Crippen LogP contribution in [0.25, 0.3) is 0 Å². The molecule has 10 heteroatoms. The Labute approximate surface area is 175 Å². The fourth-order valence-corrected chi connectivity index (χ4v) is 3.10. The molecular formula is C19H15Cl2N3O5. The zero-order valence-electron chi connectivity index (χ0n) is 15.0. The molecule has 0 fully saturated rings. The van der Waals surface area contributed by atoms with Crippen LogP contribution in [0.4, 0.5) is 6.01 Å². The summed E-state index contributed by atoms with van der Waals surface area (Å²) in [6.07, 6.45) is 0.385. The number of ether oxygens (including phenoxy) is 3. The van der Waals surface area contributed by atoms with Gasteiger partial charge in [0, 0.05) is 5.02 Å². The fraction of sp³-hybridized carbons (Fsp3) is 0.211. The van der Waals surface area contributed by atoms with E-state index < -0.39 is 5.91 Å². The quantitative estimate of drug-likeness (QED) is 0.629. The van der Waals surface area contributed by atoms with Crippen LogP contribution in [-0.2, 0) is 11.2 Å². The molecule has 4 rings (SSSR count). The third-order valence-electron chi connectivity index (χ3n) is 3.93. The number of nitrogens with one attached hydrogen (secondary N) is 1. The Balaban J connectivity index is 1.32. The predicted molar refractivity (Wildman–Crippen MR) is 105 cm³/mol. The van der Waals surface area contributed by atoms with Gasteiger partial charge in [-0.05, 0) is 35.9 Å². The van der Waals surface area contributed by atoms with E-state index in [0.717, 1.165) is 5.56 Å². The Bertz CT molecular complexity index is 1040. The van der Waals surface area contributed by atoms with Crippen molar-refractivity contribution in [3.8, 4) is 17.2 Å². The van der Waals surface area contributed by atoms with Gasteiger partial charge in [-0.25, -0.2) is 0 Å². The number of carbonyl (C=O) groups is 1. The van der Waals surface area contributed by atoms with Crippen LogP contribution >= 0.6 is 23.2 Å². The van der Waals surface area contributed by atoms with E-state index in [1.54, 1.807) is 12.1 Å². The highest BCUT2D eigenvalue weighted by Gasteiger charge is 2.15. The zero-order valence-corrected chi connectivity index (χ0v) is 16.5. The molecule has 1 aliphatic rings. The summed E-state index contributed by atoms with van der Waals surface area (Å²) in [6.45, 7) is 0.769. The summed E-state index contributed by atoms with van der Waals surface area (Å²) >= 11 is 11.8.